The van der Waals surface area contributed by atoms with Crippen molar-refractivity contribution in [2.24, 2.45) is 0 Å². The normalized spacial score (nSPS) is 11.1. The molecule has 0 fully saturated rings. The summed E-state index contributed by atoms with van der Waals surface area (Å²) in [6.45, 7) is 0. The SMILES string of the molecule is Fc1ccccc1Cc1c(F)cnc2n[nH]c(I)c12. The summed E-state index contributed by atoms with van der Waals surface area (Å²) >= 11 is 2.03. The molecule has 0 spiro atoms. The molecule has 0 saturated heterocycles. The van der Waals surface area contributed by atoms with E-state index in [0.29, 0.717) is 25.9 Å². The van der Waals surface area contributed by atoms with E-state index in [-0.39, 0.29) is 12.2 Å². The molecule has 1 N–H and O–H groups in total. The van der Waals surface area contributed by atoms with Crippen molar-refractivity contribution < 1.29 is 8.78 Å². The van der Waals surface area contributed by atoms with E-state index in [1.807, 2.05) is 22.6 Å². The van der Waals surface area contributed by atoms with Gasteiger partial charge >= 0.3 is 0 Å². The van der Waals surface area contributed by atoms with E-state index in [1.54, 1.807) is 18.2 Å². The second-order valence-electron chi connectivity index (χ2n) is 4.09. The van der Waals surface area contributed by atoms with Crippen molar-refractivity contribution in [2.45, 2.75) is 6.42 Å². The third-order valence-electron chi connectivity index (χ3n) is 2.92. The first-order chi connectivity index (χ1) is 9.16. The smallest absolute Gasteiger partial charge is 0.182 e. The lowest BCUT2D eigenvalue weighted by Gasteiger charge is -2.06. The average molecular weight is 371 g/mol. The Hall–Kier alpha value is -1.57. The molecular weight excluding hydrogens is 363 g/mol. The monoisotopic (exact) mass is 371 g/mol. The van der Waals surface area contributed by atoms with Gasteiger partial charge in [0.2, 0.25) is 0 Å². The molecule has 0 aliphatic heterocycles. The fourth-order valence-electron chi connectivity index (χ4n) is 1.99. The Morgan fingerprint density at radius 3 is 2.74 bits per heavy atom. The highest BCUT2D eigenvalue weighted by Crippen LogP contribution is 2.25. The number of pyridine rings is 1. The maximum absolute atomic E-state index is 14.0. The van der Waals surface area contributed by atoms with Gasteiger partial charge in [-0.3, -0.25) is 5.10 Å². The number of hydrogen-bond donors (Lipinski definition) is 1. The molecule has 96 valence electrons. The number of aromatic nitrogens is 3. The zero-order valence-electron chi connectivity index (χ0n) is 9.62. The summed E-state index contributed by atoms with van der Waals surface area (Å²) in [6.07, 6.45) is 1.29. The molecule has 0 saturated carbocycles. The van der Waals surface area contributed by atoms with E-state index in [0.717, 1.165) is 6.20 Å². The van der Waals surface area contributed by atoms with E-state index in [4.69, 9.17) is 0 Å². The Morgan fingerprint density at radius 2 is 1.95 bits per heavy atom. The van der Waals surface area contributed by atoms with Crippen LogP contribution in [0.4, 0.5) is 8.78 Å². The van der Waals surface area contributed by atoms with E-state index in [1.165, 1.54) is 6.07 Å². The topological polar surface area (TPSA) is 41.6 Å². The standard InChI is InChI=1S/C13H8F2IN3/c14-9-4-2-1-3-7(9)5-8-10(15)6-17-13-11(8)12(16)18-19-13/h1-4,6H,5H2,(H,17,18,19). The zero-order chi connectivity index (χ0) is 13.4. The van der Waals surface area contributed by atoms with Crippen LogP contribution in [-0.2, 0) is 6.42 Å². The molecule has 19 heavy (non-hydrogen) atoms. The molecular formula is C13H8F2IN3. The predicted molar refractivity (Wildman–Crippen MR) is 75.8 cm³/mol. The van der Waals surface area contributed by atoms with Crippen molar-refractivity contribution in [3.63, 3.8) is 0 Å². The lowest BCUT2D eigenvalue weighted by atomic mass is 10.0. The molecule has 3 nitrogen and oxygen atoms in total. The third-order valence-corrected chi connectivity index (χ3v) is 3.70. The number of H-pyrrole nitrogens is 1. The molecule has 0 amide bonds. The van der Waals surface area contributed by atoms with Gasteiger partial charge in [0.15, 0.2) is 5.65 Å². The minimum Gasteiger partial charge on any atom is -0.269 e. The highest BCUT2D eigenvalue weighted by Gasteiger charge is 2.16. The molecule has 0 aliphatic rings. The lowest BCUT2D eigenvalue weighted by molar-refractivity contribution is 0.598. The molecule has 0 aliphatic carbocycles. The van der Waals surface area contributed by atoms with Crippen LogP contribution >= 0.6 is 22.6 Å². The number of aromatic amines is 1. The third kappa shape index (κ3) is 2.20. The van der Waals surface area contributed by atoms with E-state index in [9.17, 15) is 8.78 Å². The van der Waals surface area contributed by atoms with Crippen LogP contribution in [0.5, 0.6) is 0 Å². The van der Waals surface area contributed by atoms with Gasteiger partial charge in [-0.2, -0.15) is 5.10 Å². The van der Waals surface area contributed by atoms with Crippen LogP contribution in [0.1, 0.15) is 11.1 Å². The first kappa shape index (κ1) is 12.5. The fraction of sp³-hybridized carbons (Fsp3) is 0.0769. The van der Waals surface area contributed by atoms with E-state index >= 15 is 0 Å². The second kappa shape index (κ2) is 4.84. The number of fused-ring (bicyclic) bond motifs is 1. The molecule has 2 heterocycles. The second-order valence-corrected chi connectivity index (χ2v) is 5.17. The number of hydrogen-bond acceptors (Lipinski definition) is 2. The molecule has 0 bridgehead atoms. The minimum atomic E-state index is -0.449. The number of halogens is 3. The van der Waals surface area contributed by atoms with Crippen LogP contribution in [0.15, 0.2) is 30.5 Å². The van der Waals surface area contributed by atoms with Crippen molar-refractivity contribution >= 4 is 33.6 Å². The Balaban J connectivity index is 2.17. The molecule has 0 radical (unpaired) electrons. The van der Waals surface area contributed by atoms with E-state index in [2.05, 4.69) is 15.2 Å². The molecule has 6 heteroatoms. The van der Waals surface area contributed by atoms with Gasteiger partial charge in [-0.15, -0.1) is 0 Å². The maximum Gasteiger partial charge on any atom is 0.182 e. The van der Waals surface area contributed by atoms with Gasteiger partial charge in [0.25, 0.3) is 0 Å². The molecule has 2 aromatic heterocycles. The van der Waals surface area contributed by atoms with Crippen LogP contribution in [-0.4, -0.2) is 15.2 Å². The van der Waals surface area contributed by atoms with Gasteiger partial charge in [0.05, 0.1) is 11.6 Å². The van der Waals surface area contributed by atoms with Gasteiger partial charge in [-0.05, 0) is 34.2 Å². The fourth-order valence-corrected chi connectivity index (χ4v) is 2.68. The molecule has 1 aromatic carbocycles. The van der Waals surface area contributed by atoms with Gasteiger partial charge in [0.1, 0.15) is 15.3 Å². The van der Waals surface area contributed by atoms with E-state index < -0.39 is 5.82 Å². The Kier molecular flexibility index (Phi) is 3.17. The van der Waals surface area contributed by atoms with Crippen LogP contribution in [0, 0.1) is 15.3 Å². The minimum absolute atomic E-state index is 0.174. The lowest BCUT2D eigenvalue weighted by Crippen LogP contribution is -1.98. The number of benzene rings is 1. The maximum atomic E-state index is 14.0. The summed E-state index contributed by atoms with van der Waals surface area (Å²) in [5.74, 6) is -0.791. The largest absolute Gasteiger partial charge is 0.269 e. The quantitative estimate of drug-likeness (QED) is 0.702. The van der Waals surface area contributed by atoms with Crippen molar-refractivity contribution in [3.05, 3.63) is 56.9 Å². The molecule has 0 unspecified atom stereocenters. The predicted octanol–water partition coefficient (Wildman–Crippen LogP) is 3.43. The molecule has 3 rings (SSSR count). The van der Waals surface area contributed by atoms with Crippen molar-refractivity contribution in [1.82, 2.24) is 15.2 Å². The van der Waals surface area contributed by atoms with Gasteiger partial charge in [0, 0.05) is 12.0 Å². The van der Waals surface area contributed by atoms with Gasteiger partial charge in [-0.25, -0.2) is 13.8 Å². The van der Waals surface area contributed by atoms with Crippen LogP contribution < -0.4 is 0 Å². The Labute approximate surface area is 121 Å². The van der Waals surface area contributed by atoms with Crippen molar-refractivity contribution in [3.8, 4) is 0 Å². The first-order valence-corrected chi connectivity index (χ1v) is 6.65. The summed E-state index contributed by atoms with van der Waals surface area (Å²) in [5, 5.41) is 7.35. The zero-order valence-corrected chi connectivity index (χ0v) is 11.8. The molecule has 0 atom stereocenters. The summed E-state index contributed by atoms with van der Waals surface area (Å²) < 4.78 is 28.3. The number of nitrogens with zero attached hydrogens (tertiary/aromatic N) is 2. The average Bonchev–Trinajstić information content (AvgIpc) is 2.77. The van der Waals surface area contributed by atoms with Gasteiger partial charge < -0.3 is 0 Å². The summed E-state index contributed by atoms with van der Waals surface area (Å²) in [6, 6.07) is 6.36. The van der Waals surface area contributed by atoms with Gasteiger partial charge in [-0.1, -0.05) is 18.2 Å². The number of rotatable bonds is 2. The highest BCUT2D eigenvalue weighted by atomic mass is 127. The first-order valence-electron chi connectivity index (χ1n) is 5.57. The summed E-state index contributed by atoms with van der Waals surface area (Å²) in [5.41, 5.74) is 1.30. The summed E-state index contributed by atoms with van der Waals surface area (Å²) in [7, 11) is 0. The van der Waals surface area contributed by atoms with Crippen molar-refractivity contribution in [1.29, 1.82) is 0 Å². The van der Waals surface area contributed by atoms with Crippen molar-refractivity contribution in [2.75, 3.05) is 0 Å². The summed E-state index contributed by atoms with van der Waals surface area (Å²) in [4.78, 5) is 3.91. The number of nitrogens with one attached hydrogen (secondary N) is 1. The molecule has 3 aromatic rings. The Bertz CT molecular complexity index is 755. The Morgan fingerprint density at radius 1 is 1.16 bits per heavy atom. The van der Waals surface area contributed by atoms with Crippen LogP contribution in [0.3, 0.4) is 0 Å². The van der Waals surface area contributed by atoms with Crippen LogP contribution in [0.25, 0.3) is 11.0 Å². The van der Waals surface area contributed by atoms with Crippen LogP contribution in [0.2, 0.25) is 0 Å². The highest BCUT2D eigenvalue weighted by molar-refractivity contribution is 14.1.